The van der Waals surface area contributed by atoms with Crippen LogP contribution in [0.2, 0.25) is 5.02 Å². The third-order valence-corrected chi connectivity index (χ3v) is 9.08. The average molecular weight is 717 g/mol. The van der Waals surface area contributed by atoms with E-state index in [1.165, 1.54) is 41.3 Å². The number of hydrogen-bond donors (Lipinski definition) is 5. The number of carbonyl (C=O) groups excluding carboxylic acids is 4. The monoisotopic (exact) mass is 716 g/mol. The molecule has 0 radical (unpaired) electrons. The topological polar surface area (TPSA) is 209 Å². The van der Waals surface area contributed by atoms with E-state index in [1.807, 2.05) is 24.3 Å². The van der Waals surface area contributed by atoms with E-state index in [-0.39, 0.29) is 49.1 Å². The number of hydrogen-bond acceptors (Lipinski definition) is 9. The van der Waals surface area contributed by atoms with E-state index in [9.17, 15) is 34.2 Å². The van der Waals surface area contributed by atoms with Crippen molar-refractivity contribution in [2.75, 3.05) is 35.2 Å². The van der Waals surface area contributed by atoms with Crippen molar-refractivity contribution in [3.05, 3.63) is 89.2 Å². The molecule has 15 nitrogen and oxygen atoms in total. The lowest BCUT2D eigenvalue weighted by Gasteiger charge is -2.34. The number of amides is 4. The molecular formula is C35H37ClN8O7. The summed E-state index contributed by atoms with van der Waals surface area (Å²) in [6, 6.07) is 17.6. The normalized spacial score (nSPS) is 15.2. The van der Waals surface area contributed by atoms with E-state index < -0.39 is 35.0 Å². The maximum absolute atomic E-state index is 13.9. The minimum absolute atomic E-state index is 0.0304. The summed E-state index contributed by atoms with van der Waals surface area (Å²) in [4.78, 5) is 65.6. The molecule has 16 heteroatoms. The second-order valence-electron chi connectivity index (χ2n) is 12.9. The SMILES string of the molecule is CC(C)(CNC(=O)C(=O)Nc1cc(Cl)ccc1-n1cnnn1)[C@H](Cc1ccc(N2CCC(CO)CC2=O)cc1)C(=O)Nc1ccc(C(=O)O)cc1. The lowest BCUT2D eigenvalue weighted by molar-refractivity contribution is -0.136. The molecule has 1 aromatic heterocycles. The van der Waals surface area contributed by atoms with Crippen LogP contribution in [0.5, 0.6) is 0 Å². The maximum Gasteiger partial charge on any atom is 0.335 e. The van der Waals surface area contributed by atoms with Crippen LogP contribution in [0.3, 0.4) is 0 Å². The molecule has 4 aromatic rings. The number of carboxylic acid groups (broad SMARTS) is 1. The van der Waals surface area contributed by atoms with Gasteiger partial charge in [-0.15, -0.1) is 5.10 Å². The number of halogens is 1. The lowest BCUT2D eigenvalue weighted by atomic mass is 9.74. The molecule has 1 aliphatic rings. The summed E-state index contributed by atoms with van der Waals surface area (Å²) in [5.41, 5.74) is 1.59. The van der Waals surface area contributed by atoms with Gasteiger partial charge in [0, 0.05) is 48.4 Å². The predicted molar refractivity (Wildman–Crippen MR) is 187 cm³/mol. The van der Waals surface area contributed by atoms with Crippen molar-refractivity contribution in [3.63, 3.8) is 0 Å². The Morgan fingerprint density at radius 2 is 1.73 bits per heavy atom. The van der Waals surface area contributed by atoms with E-state index in [0.29, 0.717) is 35.1 Å². The van der Waals surface area contributed by atoms with Gasteiger partial charge in [-0.1, -0.05) is 37.6 Å². The Morgan fingerprint density at radius 1 is 1.00 bits per heavy atom. The fourth-order valence-electron chi connectivity index (χ4n) is 5.79. The zero-order valence-electron chi connectivity index (χ0n) is 27.9. The molecule has 0 aliphatic carbocycles. The van der Waals surface area contributed by atoms with Gasteiger partial charge in [-0.2, -0.15) is 4.68 Å². The Labute approximate surface area is 298 Å². The first-order valence-electron chi connectivity index (χ1n) is 16.1. The van der Waals surface area contributed by atoms with Crippen molar-refractivity contribution in [2.45, 2.75) is 33.1 Å². The van der Waals surface area contributed by atoms with Crippen molar-refractivity contribution >= 4 is 58.3 Å². The van der Waals surface area contributed by atoms with Gasteiger partial charge in [0.2, 0.25) is 11.8 Å². The molecule has 2 heterocycles. The molecule has 1 unspecified atom stereocenters. The maximum atomic E-state index is 13.9. The smallest absolute Gasteiger partial charge is 0.335 e. The Bertz CT molecular complexity index is 1900. The van der Waals surface area contributed by atoms with Crippen LogP contribution >= 0.6 is 11.6 Å². The highest BCUT2D eigenvalue weighted by Crippen LogP contribution is 2.32. The van der Waals surface area contributed by atoms with E-state index in [1.54, 1.807) is 30.9 Å². The van der Waals surface area contributed by atoms with Crippen LogP contribution in [0.15, 0.2) is 73.1 Å². The van der Waals surface area contributed by atoms with Crippen molar-refractivity contribution in [2.24, 2.45) is 17.3 Å². The summed E-state index contributed by atoms with van der Waals surface area (Å²) in [6.45, 7) is 3.96. The van der Waals surface area contributed by atoms with E-state index in [4.69, 9.17) is 11.6 Å². The number of aliphatic hydroxyl groups excluding tert-OH is 1. The molecule has 1 aliphatic heterocycles. The number of aliphatic hydroxyl groups is 1. The quantitative estimate of drug-likeness (QED) is 0.135. The molecule has 0 spiro atoms. The number of anilines is 3. The van der Waals surface area contributed by atoms with Crippen LogP contribution in [-0.4, -0.2) is 79.7 Å². The highest BCUT2D eigenvalue weighted by molar-refractivity contribution is 6.40. The number of tetrazole rings is 1. The minimum atomic E-state index is -1.10. The fourth-order valence-corrected chi connectivity index (χ4v) is 5.96. The summed E-state index contributed by atoms with van der Waals surface area (Å²) in [5, 5.41) is 38.1. The Kier molecular flexibility index (Phi) is 11.4. The van der Waals surface area contributed by atoms with Gasteiger partial charge in [0.05, 0.1) is 16.9 Å². The molecule has 0 saturated carbocycles. The minimum Gasteiger partial charge on any atom is -0.478 e. The van der Waals surface area contributed by atoms with Gasteiger partial charge in [-0.3, -0.25) is 19.2 Å². The average Bonchev–Trinajstić information content (AvgIpc) is 3.65. The highest BCUT2D eigenvalue weighted by Gasteiger charge is 2.36. The molecular weight excluding hydrogens is 680 g/mol. The molecule has 4 amide bonds. The van der Waals surface area contributed by atoms with E-state index in [0.717, 1.165) is 5.56 Å². The summed E-state index contributed by atoms with van der Waals surface area (Å²) >= 11 is 6.14. The number of carbonyl (C=O) groups is 5. The summed E-state index contributed by atoms with van der Waals surface area (Å²) in [5.74, 6) is -4.29. The number of nitrogens with zero attached hydrogens (tertiary/aromatic N) is 5. The van der Waals surface area contributed by atoms with Gasteiger partial charge in [-0.05, 0) is 94.8 Å². The third-order valence-electron chi connectivity index (χ3n) is 8.84. The van der Waals surface area contributed by atoms with Crippen LogP contribution in [-0.2, 0) is 25.6 Å². The number of aromatic carboxylic acids is 1. The van der Waals surface area contributed by atoms with Crippen molar-refractivity contribution in [1.29, 1.82) is 0 Å². The summed E-state index contributed by atoms with van der Waals surface area (Å²) < 4.78 is 1.30. The molecule has 1 saturated heterocycles. The number of nitrogens with one attached hydrogen (secondary N) is 3. The molecule has 266 valence electrons. The van der Waals surface area contributed by atoms with Gasteiger partial charge in [0.25, 0.3) is 0 Å². The molecule has 1 fully saturated rings. The van der Waals surface area contributed by atoms with Crippen LogP contribution < -0.4 is 20.9 Å². The van der Waals surface area contributed by atoms with Crippen molar-refractivity contribution in [1.82, 2.24) is 25.5 Å². The number of rotatable bonds is 12. The molecule has 2 atom stereocenters. The molecule has 51 heavy (non-hydrogen) atoms. The Hall–Kier alpha value is -5.67. The van der Waals surface area contributed by atoms with E-state index >= 15 is 0 Å². The third kappa shape index (κ3) is 9.12. The first kappa shape index (κ1) is 36.6. The largest absolute Gasteiger partial charge is 0.478 e. The van der Waals surface area contributed by atoms with Crippen molar-refractivity contribution < 1.29 is 34.2 Å². The zero-order chi connectivity index (χ0) is 36.7. The first-order chi connectivity index (χ1) is 24.3. The number of aromatic nitrogens is 4. The van der Waals surface area contributed by atoms with Gasteiger partial charge in [-0.25, -0.2) is 4.79 Å². The van der Waals surface area contributed by atoms with Crippen LogP contribution in [0.25, 0.3) is 5.69 Å². The molecule has 0 bridgehead atoms. The summed E-state index contributed by atoms with van der Waals surface area (Å²) in [7, 11) is 0. The standard InChI is InChI=1S/C35H37ClN8O7/c1-35(2,19-37-32(48)33(49)40-28-17-24(36)7-12-29(28)44-20-38-41-42-44)27(31(47)39-25-8-5-23(6-9-25)34(50)51)15-21-3-10-26(11-4-21)43-14-13-22(18-45)16-30(43)46/h3-12,17,20,22,27,45H,13-16,18-19H2,1-2H3,(H,37,48)(H,39,47)(H,40,49)(H,50,51)/t22?,27-/m1/s1. The van der Waals surface area contributed by atoms with Crippen LogP contribution in [0.4, 0.5) is 17.1 Å². The van der Waals surface area contributed by atoms with Gasteiger partial charge >= 0.3 is 17.8 Å². The van der Waals surface area contributed by atoms with Gasteiger partial charge < -0.3 is 31.1 Å². The van der Waals surface area contributed by atoms with E-state index in [2.05, 4.69) is 31.5 Å². The second kappa shape index (κ2) is 15.9. The Morgan fingerprint density at radius 3 is 2.35 bits per heavy atom. The molecule has 5 N–H and O–H groups in total. The molecule has 5 rings (SSSR count). The second-order valence-corrected chi connectivity index (χ2v) is 13.4. The van der Waals surface area contributed by atoms with Gasteiger partial charge in [0.15, 0.2) is 0 Å². The zero-order valence-corrected chi connectivity index (χ0v) is 28.6. The Balaban J connectivity index is 1.31. The fraction of sp³-hybridized carbons (Fsp3) is 0.314. The number of benzene rings is 3. The molecule has 3 aromatic carbocycles. The number of piperidine rings is 1. The highest BCUT2D eigenvalue weighted by atomic mass is 35.5. The number of carboxylic acids is 1. The summed E-state index contributed by atoms with van der Waals surface area (Å²) in [6.07, 6.45) is 2.51. The lowest BCUT2D eigenvalue weighted by Crippen LogP contribution is -2.46. The van der Waals surface area contributed by atoms with Gasteiger partial charge in [0.1, 0.15) is 6.33 Å². The first-order valence-corrected chi connectivity index (χ1v) is 16.5. The van der Waals surface area contributed by atoms with Crippen molar-refractivity contribution in [3.8, 4) is 5.69 Å². The predicted octanol–water partition coefficient (Wildman–Crippen LogP) is 3.33. The van der Waals surface area contributed by atoms with Crippen LogP contribution in [0, 0.1) is 17.3 Å². The van der Waals surface area contributed by atoms with Crippen LogP contribution in [0.1, 0.15) is 42.6 Å².